The molecule has 0 atom stereocenters. The summed E-state index contributed by atoms with van der Waals surface area (Å²) in [6.07, 6.45) is 0. The lowest BCUT2D eigenvalue weighted by molar-refractivity contribution is 0.475. The van der Waals surface area contributed by atoms with Crippen LogP contribution in [0.2, 0.25) is 10.0 Å². The number of hydrogen-bond acceptors (Lipinski definition) is 4. The number of aryl methyl sites for hydroxylation is 1. The van der Waals surface area contributed by atoms with Crippen molar-refractivity contribution in [2.24, 2.45) is 0 Å². The Morgan fingerprint density at radius 3 is 2.35 bits per heavy atom. The van der Waals surface area contributed by atoms with Crippen LogP contribution >= 0.6 is 23.2 Å². The summed E-state index contributed by atoms with van der Waals surface area (Å²) in [4.78, 5) is -0.196. The van der Waals surface area contributed by atoms with E-state index in [1.165, 1.54) is 12.1 Å². The van der Waals surface area contributed by atoms with Gasteiger partial charge in [-0.1, -0.05) is 23.2 Å². The van der Waals surface area contributed by atoms with Crippen LogP contribution in [0.4, 0.5) is 5.69 Å². The highest BCUT2D eigenvalue weighted by Gasteiger charge is 2.22. The molecule has 2 aromatic rings. The van der Waals surface area contributed by atoms with Crippen LogP contribution in [0.15, 0.2) is 33.6 Å². The fourth-order valence-corrected chi connectivity index (χ4v) is 3.88. The molecule has 0 radical (unpaired) electrons. The summed E-state index contributed by atoms with van der Waals surface area (Å²) in [6.45, 7) is 1.78. The standard InChI is InChI=1S/C12H12Cl2N2O3S/c1-7-2-3-9(19-7)6-16-20(17,18)12-10(13)4-8(15)5-11(12)14/h2-5,16H,6,15H2,1H3. The van der Waals surface area contributed by atoms with Gasteiger partial charge in [-0.3, -0.25) is 0 Å². The van der Waals surface area contributed by atoms with E-state index >= 15 is 0 Å². The van der Waals surface area contributed by atoms with Crippen molar-refractivity contribution in [3.63, 3.8) is 0 Å². The van der Waals surface area contributed by atoms with Crippen LogP contribution in [0, 0.1) is 6.92 Å². The van der Waals surface area contributed by atoms with Crippen LogP contribution in [0.3, 0.4) is 0 Å². The molecule has 0 aliphatic rings. The Kier molecular flexibility index (Phi) is 4.29. The largest absolute Gasteiger partial charge is 0.465 e. The molecule has 0 spiro atoms. The van der Waals surface area contributed by atoms with Gasteiger partial charge in [0.2, 0.25) is 10.0 Å². The molecule has 0 aliphatic carbocycles. The highest BCUT2D eigenvalue weighted by atomic mass is 35.5. The summed E-state index contributed by atoms with van der Waals surface area (Å²) in [5, 5.41) is -0.0590. The molecule has 20 heavy (non-hydrogen) atoms. The fraction of sp³-hybridized carbons (Fsp3) is 0.167. The maximum Gasteiger partial charge on any atom is 0.243 e. The van der Waals surface area contributed by atoms with Crippen LogP contribution in [-0.2, 0) is 16.6 Å². The predicted molar refractivity (Wildman–Crippen MR) is 78.3 cm³/mol. The van der Waals surface area contributed by atoms with Crippen molar-refractivity contribution in [2.45, 2.75) is 18.4 Å². The Morgan fingerprint density at radius 2 is 1.85 bits per heavy atom. The molecule has 2 rings (SSSR count). The maximum absolute atomic E-state index is 12.2. The number of furan rings is 1. The summed E-state index contributed by atoms with van der Waals surface area (Å²) in [6, 6.07) is 6.09. The maximum atomic E-state index is 12.2. The third-order valence-electron chi connectivity index (χ3n) is 2.52. The number of nitrogens with two attached hydrogens (primary N) is 1. The number of sulfonamides is 1. The van der Waals surface area contributed by atoms with E-state index in [0.717, 1.165) is 0 Å². The fourth-order valence-electron chi connectivity index (χ4n) is 1.65. The summed E-state index contributed by atoms with van der Waals surface area (Å²) in [5.41, 5.74) is 5.83. The highest BCUT2D eigenvalue weighted by Crippen LogP contribution is 2.31. The summed E-state index contributed by atoms with van der Waals surface area (Å²) < 4.78 is 32.1. The zero-order valence-corrected chi connectivity index (χ0v) is 12.8. The summed E-state index contributed by atoms with van der Waals surface area (Å²) >= 11 is 11.8. The number of rotatable bonds is 4. The van der Waals surface area contributed by atoms with Crippen LogP contribution in [0.25, 0.3) is 0 Å². The van der Waals surface area contributed by atoms with Gasteiger partial charge in [-0.2, -0.15) is 0 Å². The van der Waals surface area contributed by atoms with Gasteiger partial charge in [0.15, 0.2) is 0 Å². The van der Waals surface area contributed by atoms with Crippen molar-refractivity contribution < 1.29 is 12.8 Å². The minimum atomic E-state index is -3.86. The van der Waals surface area contributed by atoms with E-state index in [4.69, 9.17) is 33.4 Å². The van der Waals surface area contributed by atoms with Gasteiger partial charge < -0.3 is 10.2 Å². The molecule has 0 bridgehead atoms. The molecule has 0 aliphatic heterocycles. The Balaban J connectivity index is 2.27. The number of hydrogen-bond donors (Lipinski definition) is 2. The Morgan fingerprint density at radius 1 is 1.25 bits per heavy atom. The van der Waals surface area contributed by atoms with E-state index < -0.39 is 10.0 Å². The number of halogens is 2. The van der Waals surface area contributed by atoms with Gasteiger partial charge in [0.25, 0.3) is 0 Å². The van der Waals surface area contributed by atoms with Crippen molar-refractivity contribution in [2.75, 3.05) is 5.73 Å². The van der Waals surface area contributed by atoms with E-state index in [1.807, 2.05) is 0 Å². The van der Waals surface area contributed by atoms with E-state index in [1.54, 1.807) is 19.1 Å². The quantitative estimate of drug-likeness (QED) is 0.841. The molecule has 1 aromatic heterocycles. The van der Waals surface area contributed by atoms with E-state index in [-0.39, 0.29) is 21.5 Å². The van der Waals surface area contributed by atoms with Crippen LogP contribution in [0.1, 0.15) is 11.5 Å². The topological polar surface area (TPSA) is 85.3 Å². The molecule has 8 heteroatoms. The molecule has 108 valence electrons. The van der Waals surface area contributed by atoms with E-state index in [0.29, 0.717) is 17.2 Å². The molecule has 0 fully saturated rings. The molecule has 0 saturated heterocycles. The first-order chi connectivity index (χ1) is 9.29. The Hall–Kier alpha value is -1.21. The predicted octanol–water partition coefficient (Wildman–Crippen LogP) is 2.96. The zero-order chi connectivity index (χ0) is 14.9. The lowest BCUT2D eigenvalue weighted by Gasteiger charge is -2.10. The first kappa shape index (κ1) is 15.2. The lowest BCUT2D eigenvalue weighted by atomic mass is 10.3. The molecule has 1 aromatic carbocycles. The minimum Gasteiger partial charge on any atom is -0.465 e. The zero-order valence-electron chi connectivity index (χ0n) is 10.5. The first-order valence-corrected chi connectivity index (χ1v) is 7.83. The second-order valence-corrected chi connectivity index (χ2v) is 6.67. The monoisotopic (exact) mass is 334 g/mol. The van der Waals surface area contributed by atoms with Crippen LogP contribution < -0.4 is 10.5 Å². The molecule has 0 amide bonds. The highest BCUT2D eigenvalue weighted by molar-refractivity contribution is 7.89. The van der Waals surface area contributed by atoms with Gasteiger partial charge in [0.1, 0.15) is 16.4 Å². The molecule has 3 N–H and O–H groups in total. The van der Waals surface area contributed by atoms with Crippen molar-refractivity contribution in [1.82, 2.24) is 4.72 Å². The second-order valence-electron chi connectivity index (χ2n) is 4.15. The third kappa shape index (κ3) is 3.27. The number of benzene rings is 1. The van der Waals surface area contributed by atoms with Crippen molar-refractivity contribution in [1.29, 1.82) is 0 Å². The Bertz CT molecular complexity index is 718. The van der Waals surface area contributed by atoms with Gasteiger partial charge >= 0.3 is 0 Å². The minimum absolute atomic E-state index is 0.00715. The average Bonchev–Trinajstić information content (AvgIpc) is 2.71. The summed E-state index contributed by atoms with van der Waals surface area (Å²) in [5.74, 6) is 1.19. The van der Waals surface area contributed by atoms with Gasteiger partial charge in [0, 0.05) is 5.69 Å². The number of nitrogen functional groups attached to an aromatic ring is 1. The third-order valence-corrected chi connectivity index (χ3v) is 4.84. The lowest BCUT2D eigenvalue weighted by Crippen LogP contribution is -2.23. The SMILES string of the molecule is Cc1ccc(CNS(=O)(=O)c2c(Cl)cc(N)cc2Cl)o1. The van der Waals surface area contributed by atoms with Gasteiger partial charge in [-0.05, 0) is 31.2 Å². The van der Waals surface area contributed by atoms with Crippen molar-refractivity contribution >= 4 is 38.9 Å². The average molecular weight is 335 g/mol. The Labute approximate surface area is 126 Å². The van der Waals surface area contributed by atoms with Crippen molar-refractivity contribution in [3.8, 4) is 0 Å². The number of nitrogens with one attached hydrogen (secondary N) is 1. The van der Waals surface area contributed by atoms with Gasteiger partial charge in [-0.15, -0.1) is 0 Å². The first-order valence-electron chi connectivity index (χ1n) is 5.59. The smallest absolute Gasteiger partial charge is 0.243 e. The molecule has 1 heterocycles. The second kappa shape index (κ2) is 5.65. The normalized spacial score (nSPS) is 11.8. The van der Waals surface area contributed by atoms with E-state index in [2.05, 4.69) is 4.72 Å². The van der Waals surface area contributed by atoms with Crippen LogP contribution in [-0.4, -0.2) is 8.42 Å². The number of anilines is 1. The molecular weight excluding hydrogens is 323 g/mol. The molecular formula is C12H12Cl2N2O3S. The molecule has 0 unspecified atom stereocenters. The van der Waals surface area contributed by atoms with E-state index in [9.17, 15) is 8.42 Å². The van der Waals surface area contributed by atoms with Gasteiger partial charge in [-0.25, -0.2) is 13.1 Å². The summed E-state index contributed by atoms with van der Waals surface area (Å²) in [7, 11) is -3.86. The van der Waals surface area contributed by atoms with Gasteiger partial charge in [0.05, 0.1) is 16.6 Å². The van der Waals surface area contributed by atoms with Crippen molar-refractivity contribution in [3.05, 3.63) is 45.8 Å². The molecule has 5 nitrogen and oxygen atoms in total. The molecule has 0 saturated carbocycles. The van der Waals surface area contributed by atoms with Crippen LogP contribution in [0.5, 0.6) is 0 Å².